The highest BCUT2D eigenvalue weighted by Crippen LogP contribution is 2.36. The van der Waals surface area contributed by atoms with Crippen molar-refractivity contribution in [2.24, 2.45) is 5.73 Å². The minimum absolute atomic E-state index is 0.559. The second-order valence-corrected chi connectivity index (χ2v) is 5.46. The summed E-state index contributed by atoms with van der Waals surface area (Å²) in [7, 11) is 2.17. The number of aryl methyl sites for hydroxylation is 2. The highest BCUT2D eigenvalue weighted by molar-refractivity contribution is 7.11. The van der Waals surface area contributed by atoms with Crippen LogP contribution in [0.1, 0.15) is 34.5 Å². The van der Waals surface area contributed by atoms with Gasteiger partial charge >= 0.3 is 0 Å². The van der Waals surface area contributed by atoms with E-state index in [0.29, 0.717) is 6.04 Å². The summed E-state index contributed by atoms with van der Waals surface area (Å²) in [6.45, 7) is 3.81. The van der Waals surface area contributed by atoms with Crippen molar-refractivity contribution < 1.29 is 0 Å². The maximum absolute atomic E-state index is 5.61. The van der Waals surface area contributed by atoms with E-state index in [1.165, 1.54) is 28.4 Å². The van der Waals surface area contributed by atoms with Gasteiger partial charge in [-0.05, 0) is 33.2 Å². The summed E-state index contributed by atoms with van der Waals surface area (Å²) in [4.78, 5) is 8.46. The minimum atomic E-state index is 0.559. The van der Waals surface area contributed by atoms with Gasteiger partial charge in [0.15, 0.2) is 0 Å². The van der Waals surface area contributed by atoms with Gasteiger partial charge in [-0.15, -0.1) is 11.3 Å². The van der Waals surface area contributed by atoms with Gasteiger partial charge in [0.2, 0.25) is 0 Å². The molecule has 1 aromatic heterocycles. The summed E-state index contributed by atoms with van der Waals surface area (Å²) in [5.41, 5.74) is 6.94. The zero-order chi connectivity index (χ0) is 10.8. The first-order valence-corrected chi connectivity index (χ1v) is 6.40. The molecule has 0 saturated heterocycles. The van der Waals surface area contributed by atoms with Crippen LogP contribution in [0.3, 0.4) is 0 Å². The van der Waals surface area contributed by atoms with Crippen LogP contribution in [0.2, 0.25) is 0 Å². The fraction of sp³-hybridized carbons (Fsp3) is 0.727. The average Bonchev–Trinajstić information content (AvgIpc) is 2.57. The predicted octanol–water partition coefficient (Wildman–Crippen LogP) is 1.72. The topological polar surface area (TPSA) is 42.2 Å². The lowest BCUT2D eigenvalue weighted by atomic mass is 9.97. The Morgan fingerprint density at radius 1 is 1.60 bits per heavy atom. The number of likely N-dealkylation sites (N-methyl/N-ethyl adjacent to an activating group) is 1. The van der Waals surface area contributed by atoms with Crippen LogP contribution in [0.4, 0.5) is 0 Å². The Hall–Kier alpha value is -0.450. The second-order valence-electron chi connectivity index (χ2n) is 4.22. The van der Waals surface area contributed by atoms with Gasteiger partial charge in [-0.3, -0.25) is 4.90 Å². The lowest BCUT2D eigenvalue weighted by Crippen LogP contribution is -2.31. The maximum Gasteiger partial charge on any atom is 0.0900 e. The Morgan fingerprint density at radius 3 is 3.13 bits per heavy atom. The van der Waals surface area contributed by atoms with Gasteiger partial charge in [0.1, 0.15) is 0 Å². The molecule has 1 atom stereocenters. The predicted molar refractivity (Wildman–Crippen MR) is 64.2 cm³/mol. The first kappa shape index (κ1) is 11.0. The zero-order valence-electron chi connectivity index (χ0n) is 9.49. The summed E-state index contributed by atoms with van der Waals surface area (Å²) in [6.07, 6.45) is 3.67. The number of thiazole rings is 1. The molecule has 0 bridgehead atoms. The monoisotopic (exact) mass is 225 g/mol. The van der Waals surface area contributed by atoms with Gasteiger partial charge in [0.25, 0.3) is 0 Å². The van der Waals surface area contributed by atoms with E-state index in [2.05, 4.69) is 23.9 Å². The largest absolute Gasteiger partial charge is 0.329 e. The number of aromatic nitrogens is 1. The van der Waals surface area contributed by atoms with Gasteiger partial charge in [0.05, 0.1) is 10.7 Å². The Labute approximate surface area is 95.3 Å². The fourth-order valence-electron chi connectivity index (χ4n) is 2.30. The van der Waals surface area contributed by atoms with Crippen molar-refractivity contribution in [3.63, 3.8) is 0 Å². The molecule has 1 aromatic rings. The van der Waals surface area contributed by atoms with Crippen LogP contribution < -0.4 is 5.73 Å². The van der Waals surface area contributed by atoms with Crippen molar-refractivity contribution in [3.8, 4) is 0 Å². The maximum atomic E-state index is 5.61. The molecule has 15 heavy (non-hydrogen) atoms. The summed E-state index contributed by atoms with van der Waals surface area (Å²) in [5.74, 6) is 0. The molecule has 84 valence electrons. The van der Waals surface area contributed by atoms with E-state index in [-0.39, 0.29) is 0 Å². The molecular formula is C11H19N3S. The first-order chi connectivity index (χ1) is 7.22. The first-order valence-electron chi connectivity index (χ1n) is 5.59. The van der Waals surface area contributed by atoms with Gasteiger partial charge in [-0.25, -0.2) is 4.98 Å². The number of nitrogens with zero attached hydrogens (tertiary/aromatic N) is 2. The molecule has 0 radical (unpaired) electrons. The van der Waals surface area contributed by atoms with Crippen molar-refractivity contribution in [2.75, 3.05) is 20.1 Å². The van der Waals surface area contributed by atoms with Gasteiger partial charge in [-0.2, -0.15) is 0 Å². The van der Waals surface area contributed by atoms with Crippen LogP contribution in [0, 0.1) is 6.92 Å². The molecule has 0 amide bonds. The van der Waals surface area contributed by atoms with E-state index in [1.54, 1.807) is 0 Å². The lowest BCUT2D eigenvalue weighted by molar-refractivity contribution is 0.230. The fourth-order valence-corrected chi connectivity index (χ4v) is 3.47. The molecule has 2 rings (SSSR count). The quantitative estimate of drug-likeness (QED) is 0.851. The Bertz CT molecular complexity index is 335. The van der Waals surface area contributed by atoms with Crippen LogP contribution in [0.25, 0.3) is 0 Å². The molecule has 1 aliphatic carbocycles. The van der Waals surface area contributed by atoms with Gasteiger partial charge < -0.3 is 5.73 Å². The molecule has 4 heteroatoms. The smallest absolute Gasteiger partial charge is 0.0900 e. The number of fused-ring (bicyclic) bond motifs is 1. The molecule has 1 heterocycles. The highest BCUT2D eigenvalue weighted by Gasteiger charge is 2.26. The summed E-state index contributed by atoms with van der Waals surface area (Å²) in [6, 6.07) is 0.559. The number of hydrogen-bond donors (Lipinski definition) is 1. The zero-order valence-corrected chi connectivity index (χ0v) is 10.3. The summed E-state index contributed by atoms with van der Waals surface area (Å²) >= 11 is 1.86. The van der Waals surface area contributed by atoms with Crippen molar-refractivity contribution in [1.29, 1.82) is 0 Å². The van der Waals surface area contributed by atoms with E-state index < -0.39 is 0 Å². The molecule has 0 aromatic carbocycles. The minimum Gasteiger partial charge on any atom is -0.329 e. The lowest BCUT2D eigenvalue weighted by Gasteiger charge is -2.30. The standard InChI is InChI=1S/C11H19N3S/c1-8-13-9-4-3-5-10(11(9)15-8)14(2)7-6-12/h10H,3-7,12H2,1-2H3. The van der Waals surface area contributed by atoms with Crippen molar-refractivity contribution in [3.05, 3.63) is 15.6 Å². The third kappa shape index (κ3) is 2.22. The SMILES string of the molecule is Cc1nc2c(s1)C(N(C)CCN)CCC2. The van der Waals surface area contributed by atoms with E-state index in [9.17, 15) is 0 Å². The van der Waals surface area contributed by atoms with Crippen LogP contribution in [-0.4, -0.2) is 30.0 Å². The molecule has 0 fully saturated rings. The van der Waals surface area contributed by atoms with Gasteiger partial charge in [-0.1, -0.05) is 0 Å². The number of nitrogens with two attached hydrogens (primary N) is 1. The Kier molecular flexibility index (Phi) is 3.38. The Balaban J connectivity index is 2.21. The Morgan fingerprint density at radius 2 is 2.40 bits per heavy atom. The second kappa shape index (κ2) is 4.60. The van der Waals surface area contributed by atoms with Crippen LogP contribution in [0.15, 0.2) is 0 Å². The summed E-state index contributed by atoms with van der Waals surface area (Å²) in [5, 5.41) is 1.20. The molecule has 2 N–H and O–H groups in total. The molecule has 0 aliphatic heterocycles. The summed E-state index contributed by atoms with van der Waals surface area (Å²) < 4.78 is 0. The van der Waals surface area contributed by atoms with Gasteiger partial charge in [0, 0.05) is 24.0 Å². The average molecular weight is 225 g/mol. The van der Waals surface area contributed by atoms with Crippen LogP contribution in [0.5, 0.6) is 0 Å². The highest BCUT2D eigenvalue weighted by atomic mass is 32.1. The van der Waals surface area contributed by atoms with E-state index in [0.717, 1.165) is 19.5 Å². The third-order valence-corrected chi connectivity index (χ3v) is 4.16. The molecular weight excluding hydrogens is 206 g/mol. The number of hydrogen-bond acceptors (Lipinski definition) is 4. The van der Waals surface area contributed by atoms with E-state index in [1.807, 2.05) is 11.3 Å². The van der Waals surface area contributed by atoms with Crippen molar-refractivity contribution >= 4 is 11.3 Å². The molecule has 3 nitrogen and oxygen atoms in total. The third-order valence-electron chi connectivity index (χ3n) is 3.04. The van der Waals surface area contributed by atoms with Crippen LogP contribution >= 0.6 is 11.3 Å². The van der Waals surface area contributed by atoms with Crippen LogP contribution in [-0.2, 0) is 6.42 Å². The molecule has 0 saturated carbocycles. The molecule has 1 aliphatic rings. The molecule has 0 spiro atoms. The van der Waals surface area contributed by atoms with Crippen molar-refractivity contribution in [1.82, 2.24) is 9.88 Å². The number of rotatable bonds is 3. The molecule has 1 unspecified atom stereocenters. The normalized spacial score (nSPS) is 20.7. The van der Waals surface area contributed by atoms with Crippen molar-refractivity contribution in [2.45, 2.75) is 32.2 Å². The van der Waals surface area contributed by atoms with E-state index in [4.69, 9.17) is 5.73 Å². The van der Waals surface area contributed by atoms with E-state index >= 15 is 0 Å².